The molecule has 2 bridgehead atoms. The van der Waals surface area contributed by atoms with Gasteiger partial charge >= 0.3 is 0 Å². The highest BCUT2D eigenvalue weighted by Crippen LogP contribution is 2.36. The molecule has 0 saturated carbocycles. The number of rotatable bonds is 5. The minimum absolute atomic E-state index is 0.650. The van der Waals surface area contributed by atoms with E-state index >= 15 is 0 Å². The topological polar surface area (TPSA) is 28.3 Å². The summed E-state index contributed by atoms with van der Waals surface area (Å²) in [6.07, 6.45) is 8.70. The molecule has 1 aliphatic carbocycles. The third-order valence-electron chi connectivity index (χ3n) is 5.79. The Kier molecular flexibility index (Phi) is 4.60. The molecule has 1 aromatic heterocycles. The van der Waals surface area contributed by atoms with E-state index in [0.29, 0.717) is 6.04 Å². The Balaban J connectivity index is 1.55. The van der Waals surface area contributed by atoms with Crippen molar-refractivity contribution < 1.29 is 4.74 Å². The monoisotopic (exact) mass is 436 g/mol. The highest BCUT2D eigenvalue weighted by atomic mass is 127. The fourth-order valence-corrected chi connectivity index (χ4v) is 5.33. The highest BCUT2D eigenvalue weighted by molar-refractivity contribution is 14.1. The molecular formula is C20H25IN2O. The van der Waals surface area contributed by atoms with Gasteiger partial charge in [-0.1, -0.05) is 25.5 Å². The quantitative estimate of drug-likeness (QED) is 0.548. The molecule has 24 heavy (non-hydrogen) atoms. The van der Waals surface area contributed by atoms with Crippen molar-refractivity contribution in [3.05, 3.63) is 39.6 Å². The van der Waals surface area contributed by atoms with Crippen molar-refractivity contribution in [2.45, 2.75) is 32.2 Å². The first-order valence-electron chi connectivity index (χ1n) is 8.96. The maximum Gasteiger partial charge on any atom is 0.119 e. The number of nitrogens with one attached hydrogen (secondary N) is 1. The summed E-state index contributed by atoms with van der Waals surface area (Å²) in [6, 6.07) is 6.97. The van der Waals surface area contributed by atoms with Crippen LogP contribution in [0.4, 0.5) is 0 Å². The molecule has 1 N–H and O–H groups in total. The molecule has 2 aliphatic heterocycles. The van der Waals surface area contributed by atoms with Crippen LogP contribution in [-0.4, -0.2) is 36.1 Å². The molecule has 3 atom stereocenters. The van der Waals surface area contributed by atoms with E-state index < -0.39 is 0 Å². The molecular weight excluding hydrogens is 411 g/mol. The Morgan fingerprint density at radius 3 is 2.96 bits per heavy atom. The normalized spacial score (nSPS) is 26.4. The van der Waals surface area contributed by atoms with E-state index in [2.05, 4.69) is 63.7 Å². The first-order valence-corrected chi connectivity index (χ1v) is 10.0. The molecule has 3 heterocycles. The van der Waals surface area contributed by atoms with Crippen LogP contribution in [0, 0.1) is 15.5 Å². The zero-order chi connectivity index (χ0) is 16.7. The second kappa shape index (κ2) is 6.71. The molecule has 1 fully saturated rings. The van der Waals surface area contributed by atoms with Crippen molar-refractivity contribution in [3.63, 3.8) is 0 Å². The Hall–Kier alpha value is -1.01. The second-order valence-corrected chi connectivity index (χ2v) is 8.19. The number of aromatic nitrogens is 1. The van der Waals surface area contributed by atoms with Crippen molar-refractivity contribution in [2.75, 3.05) is 20.2 Å². The lowest BCUT2D eigenvalue weighted by atomic mass is 9.76. The third-order valence-corrected chi connectivity index (χ3v) is 6.71. The number of piperidine rings is 1. The van der Waals surface area contributed by atoms with E-state index in [4.69, 9.17) is 4.74 Å². The average Bonchev–Trinajstić information content (AvgIpc) is 2.94. The van der Waals surface area contributed by atoms with Crippen LogP contribution in [0.2, 0.25) is 0 Å². The Morgan fingerprint density at radius 2 is 2.21 bits per heavy atom. The Bertz CT molecular complexity index is 766. The van der Waals surface area contributed by atoms with Gasteiger partial charge in [-0.2, -0.15) is 0 Å². The van der Waals surface area contributed by atoms with Crippen LogP contribution in [-0.2, 0) is 6.42 Å². The van der Waals surface area contributed by atoms with Crippen molar-refractivity contribution in [1.82, 2.24) is 9.88 Å². The molecule has 1 aromatic carbocycles. The number of ether oxygens (including phenoxy) is 1. The highest BCUT2D eigenvalue weighted by Gasteiger charge is 2.36. The lowest BCUT2D eigenvalue weighted by Crippen LogP contribution is -2.50. The molecule has 0 unspecified atom stereocenters. The number of benzene rings is 1. The number of hydrogen-bond acceptors (Lipinski definition) is 2. The molecule has 0 radical (unpaired) electrons. The molecule has 2 aromatic rings. The number of methoxy groups -OCH3 is 1. The number of hydrogen-bond donors (Lipinski definition) is 1. The SMILES string of the molecule is CC[C@@H]1C[C@@H]2C=C[C@H]1N(CCc1c(I)[nH]c3ccc(OC)cc13)C2. The van der Waals surface area contributed by atoms with Gasteiger partial charge in [0, 0.05) is 30.0 Å². The van der Waals surface area contributed by atoms with Crippen molar-refractivity contribution in [2.24, 2.45) is 11.8 Å². The largest absolute Gasteiger partial charge is 0.497 e. The number of aromatic amines is 1. The summed E-state index contributed by atoms with van der Waals surface area (Å²) < 4.78 is 6.68. The van der Waals surface area contributed by atoms with Crippen molar-refractivity contribution in [1.29, 1.82) is 0 Å². The summed E-state index contributed by atoms with van der Waals surface area (Å²) in [5.41, 5.74) is 2.64. The maximum atomic E-state index is 5.41. The van der Waals surface area contributed by atoms with Gasteiger partial charge in [-0.3, -0.25) is 4.90 Å². The number of fused-ring (bicyclic) bond motifs is 3. The smallest absolute Gasteiger partial charge is 0.119 e. The zero-order valence-electron chi connectivity index (χ0n) is 14.4. The maximum absolute atomic E-state index is 5.41. The first-order chi connectivity index (χ1) is 11.7. The Labute approximate surface area is 157 Å². The van der Waals surface area contributed by atoms with Gasteiger partial charge in [-0.15, -0.1) is 0 Å². The molecule has 0 amide bonds. The summed E-state index contributed by atoms with van der Waals surface area (Å²) in [7, 11) is 1.74. The van der Waals surface area contributed by atoms with Crippen LogP contribution in [0.1, 0.15) is 25.3 Å². The molecule has 5 rings (SSSR count). The van der Waals surface area contributed by atoms with Gasteiger partial charge in [0.05, 0.1) is 10.8 Å². The molecule has 1 saturated heterocycles. The van der Waals surface area contributed by atoms with Crippen LogP contribution in [0.15, 0.2) is 30.4 Å². The summed E-state index contributed by atoms with van der Waals surface area (Å²) in [6.45, 7) is 4.72. The predicted molar refractivity (Wildman–Crippen MR) is 108 cm³/mol. The standard InChI is InChI=1S/C20H25IN2O/c1-3-14-10-13-4-7-19(14)23(12-13)9-8-16-17-11-15(24-2)5-6-18(17)22-20(16)21/h4-7,11,13-14,19,22H,3,8-10,12H2,1-2H3/t13-,14+,19+/m0/s1. The van der Waals surface area contributed by atoms with E-state index in [1.54, 1.807) is 7.11 Å². The van der Waals surface area contributed by atoms with Crippen LogP contribution in [0.5, 0.6) is 5.75 Å². The van der Waals surface area contributed by atoms with Crippen molar-refractivity contribution >= 4 is 33.5 Å². The third kappa shape index (κ3) is 2.88. The number of H-pyrrole nitrogens is 1. The summed E-state index contributed by atoms with van der Waals surface area (Å²) in [5.74, 6) is 2.54. The summed E-state index contributed by atoms with van der Waals surface area (Å²) >= 11 is 2.44. The fourth-order valence-electron chi connectivity index (χ4n) is 4.48. The summed E-state index contributed by atoms with van der Waals surface area (Å²) in [4.78, 5) is 6.22. The predicted octanol–water partition coefficient (Wildman–Crippen LogP) is 4.61. The molecule has 128 valence electrons. The van der Waals surface area contributed by atoms with Gasteiger partial charge in [-0.05, 0) is 71.0 Å². The van der Waals surface area contributed by atoms with E-state index in [9.17, 15) is 0 Å². The van der Waals surface area contributed by atoms with Gasteiger partial charge in [0.1, 0.15) is 5.75 Å². The number of halogens is 1. The van der Waals surface area contributed by atoms with E-state index in [-0.39, 0.29) is 0 Å². The van der Waals surface area contributed by atoms with E-state index in [1.807, 2.05) is 6.07 Å². The molecule has 3 aliphatic rings. The molecule has 0 spiro atoms. The van der Waals surface area contributed by atoms with E-state index in [1.165, 1.54) is 39.6 Å². The minimum Gasteiger partial charge on any atom is -0.497 e. The van der Waals surface area contributed by atoms with Gasteiger partial charge in [0.2, 0.25) is 0 Å². The fraction of sp³-hybridized carbons (Fsp3) is 0.500. The van der Waals surface area contributed by atoms with Crippen molar-refractivity contribution in [3.8, 4) is 5.75 Å². The molecule has 3 nitrogen and oxygen atoms in total. The Morgan fingerprint density at radius 1 is 1.33 bits per heavy atom. The second-order valence-electron chi connectivity index (χ2n) is 7.11. The molecule has 4 heteroatoms. The van der Waals surface area contributed by atoms with Gasteiger partial charge in [0.15, 0.2) is 0 Å². The first kappa shape index (κ1) is 16.5. The van der Waals surface area contributed by atoms with Crippen LogP contribution in [0.3, 0.4) is 0 Å². The minimum atomic E-state index is 0.650. The zero-order valence-corrected chi connectivity index (χ0v) is 16.5. The van der Waals surface area contributed by atoms with Crippen LogP contribution < -0.4 is 4.74 Å². The van der Waals surface area contributed by atoms with Gasteiger partial charge in [0.25, 0.3) is 0 Å². The van der Waals surface area contributed by atoms with Crippen LogP contribution >= 0.6 is 22.6 Å². The number of nitrogens with zero attached hydrogens (tertiary/aromatic N) is 1. The lowest BCUT2D eigenvalue weighted by molar-refractivity contribution is 0.0826. The lowest BCUT2D eigenvalue weighted by Gasteiger charge is -2.46. The van der Waals surface area contributed by atoms with Gasteiger partial charge in [-0.25, -0.2) is 0 Å². The van der Waals surface area contributed by atoms with Gasteiger partial charge < -0.3 is 9.72 Å². The average molecular weight is 436 g/mol. The van der Waals surface area contributed by atoms with E-state index in [0.717, 1.165) is 30.6 Å². The van der Waals surface area contributed by atoms with Crippen LogP contribution in [0.25, 0.3) is 10.9 Å². The summed E-state index contributed by atoms with van der Waals surface area (Å²) in [5, 5.41) is 1.31.